The predicted octanol–water partition coefficient (Wildman–Crippen LogP) is 7.13. The monoisotopic (exact) mass is 428 g/mol. The number of rotatable bonds is 4. The van der Waals surface area contributed by atoms with Gasteiger partial charge in [-0.1, -0.05) is 45.4 Å². The highest BCUT2D eigenvalue weighted by atomic mass is 35.5. The van der Waals surface area contributed by atoms with Crippen molar-refractivity contribution < 1.29 is 19.0 Å². The van der Waals surface area contributed by atoms with Gasteiger partial charge in [0.05, 0.1) is 10.6 Å². The van der Waals surface area contributed by atoms with Crippen LogP contribution < -0.4 is 4.74 Å². The number of ether oxygens (including phenoxy) is 1. The van der Waals surface area contributed by atoms with Gasteiger partial charge in [-0.05, 0) is 60.1 Å². The molecule has 2 atom stereocenters. The maximum atomic E-state index is 13.8. The lowest BCUT2D eigenvalue weighted by atomic mass is 9.58. The molecule has 0 heterocycles. The Labute approximate surface area is 181 Å². The molecule has 3 nitrogen and oxygen atoms in total. The van der Waals surface area contributed by atoms with Crippen molar-refractivity contribution in [2.45, 2.75) is 47.0 Å². The Kier molecular flexibility index (Phi) is 4.97. The molecule has 0 saturated heterocycles. The van der Waals surface area contributed by atoms with Gasteiger partial charge in [0.25, 0.3) is 0 Å². The number of Topliss-reactive ketones (excluding diaryl/α,β-unsaturated/α-hetero) is 1. The molecule has 1 unspecified atom stereocenters. The number of aryl methyl sites for hydroxylation is 1. The lowest BCUT2D eigenvalue weighted by Crippen LogP contribution is -2.45. The van der Waals surface area contributed by atoms with Gasteiger partial charge in [-0.3, -0.25) is 4.79 Å². The van der Waals surface area contributed by atoms with Gasteiger partial charge in [-0.15, -0.1) is 0 Å². The minimum atomic E-state index is -0.561. The first kappa shape index (κ1) is 20.9. The van der Waals surface area contributed by atoms with Crippen molar-refractivity contribution >= 4 is 23.0 Å². The van der Waals surface area contributed by atoms with Crippen LogP contribution in [0.5, 0.6) is 11.5 Å². The van der Waals surface area contributed by atoms with Crippen LogP contribution in [0.4, 0.5) is 4.39 Å². The zero-order chi connectivity index (χ0) is 21.8. The van der Waals surface area contributed by atoms with Crippen LogP contribution in [0.2, 0.25) is 5.02 Å². The molecule has 0 spiro atoms. The summed E-state index contributed by atoms with van der Waals surface area (Å²) in [5, 5.41) is 11.2. The van der Waals surface area contributed by atoms with Crippen LogP contribution in [0.1, 0.15) is 51.7 Å². The summed E-state index contributed by atoms with van der Waals surface area (Å²) in [4.78, 5) is 13.6. The molecule has 4 rings (SSSR count). The summed E-state index contributed by atoms with van der Waals surface area (Å²) < 4.78 is 19.6. The van der Waals surface area contributed by atoms with E-state index in [1.807, 2.05) is 19.9 Å². The number of aliphatic hydroxyl groups is 1. The first-order valence-electron chi connectivity index (χ1n) is 10.3. The summed E-state index contributed by atoms with van der Waals surface area (Å²) >= 11 is 5.75. The van der Waals surface area contributed by atoms with E-state index in [2.05, 4.69) is 13.8 Å². The van der Waals surface area contributed by atoms with Crippen molar-refractivity contribution in [2.24, 2.45) is 16.7 Å². The molecule has 2 aliphatic rings. The van der Waals surface area contributed by atoms with E-state index in [-0.39, 0.29) is 27.9 Å². The molecule has 2 aliphatic carbocycles. The summed E-state index contributed by atoms with van der Waals surface area (Å²) in [7, 11) is 0. The standard InChI is InChI=1S/C25H26ClFO3/c1-5-14-6-7-15(30-16-8-9-19(26)20(27)13-16)12-17(14)21-22(28)18-10-11-25(4,23(21)29)24(18,2)3/h6-9,12-13,18,28H,5,10-11H2,1-4H3/t18-,25?/m0/s1. The summed E-state index contributed by atoms with van der Waals surface area (Å²) in [5.74, 6) is 0.351. The maximum absolute atomic E-state index is 13.8. The Morgan fingerprint density at radius 2 is 1.83 bits per heavy atom. The van der Waals surface area contributed by atoms with Gasteiger partial charge in [-0.25, -0.2) is 4.39 Å². The number of aliphatic hydroxyl groups excluding tert-OH is 1. The number of ketones is 1. The van der Waals surface area contributed by atoms with Crippen LogP contribution in [0.15, 0.2) is 42.2 Å². The zero-order valence-corrected chi connectivity index (χ0v) is 18.4. The highest BCUT2D eigenvalue weighted by molar-refractivity contribution is 6.30. The molecule has 158 valence electrons. The second-order valence-electron chi connectivity index (χ2n) is 9.08. The molecule has 30 heavy (non-hydrogen) atoms. The van der Waals surface area contributed by atoms with Crippen molar-refractivity contribution in [2.75, 3.05) is 0 Å². The smallest absolute Gasteiger partial charge is 0.173 e. The van der Waals surface area contributed by atoms with Crippen LogP contribution in [0, 0.1) is 22.6 Å². The lowest BCUT2D eigenvalue weighted by Gasteiger charge is -2.45. The Morgan fingerprint density at radius 1 is 1.17 bits per heavy atom. The highest BCUT2D eigenvalue weighted by Crippen LogP contribution is 2.63. The first-order chi connectivity index (χ1) is 14.1. The molecule has 2 aromatic rings. The van der Waals surface area contributed by atoms with Crippen LogP contribution in [-0.4, -0.2) is 10.9 Å². The summed E-state index contributed by atoms with van der Waals surface area (Å²) in [5.41, 5.74) is 1.26. The highest BCUT2D eigenvalue weighted by Gasteiger charge is 2.61. The van der Waals surface area contributed by atoms with Crippen LogP contribution in [-0.2, 0) is 11.2 Å². The molecule has 1 N–H and O–H groups in total. The molecule has 0 aromatic heterocycles. The molecule has 5 heteroatoms. The Balaban J connectivity index is 1.80. The van der Waals surface area contributed by atoms with E-state index in [4.69, 9.17) is 16.3 Å². The largest absolute Gasteiger partial charge is 0.511 e. The number of fused-ring (bicyclic) bond motifs is 2. The number of benzene rings is 2. The summed E-state index contributed by atoms with van der Waals surface area (Å²) in [6.07, 6.45) is 2.27. The van der Waals surface area contributed by atoms with Gasteiger partial charge in [0, 0.05) is 17.4 Å². The minimum Gasteiger partial charge on any atom is -0.511 e. The van der Waals surface area contributed by atoms with Gasteiger partial charge < -0.3 is 9.84 Å². The van der Waals surface area contributed by atoms with Gasteiger partial charge in [0.15, 0.2) is 5.78 Å². The molecule has 1 saturated carbocycles. The average Bonchev–Trinajstić information content (AvgIpc) is 2.88. The van der Waals surface area contributed by atoms with E-state index in [1.54, 1.807) is 18.2 Å². The van der Waals surface area contributed by atoms with Crippen molar-refractivity contribution in [1.82, 2.24) is 0 Å². The van der Waals surface area contributed by atoms with Crippen molar-refractivity contribution in [3.05, 3.63) is 64.1 Å². The quantitative estimate of drug-likeness (QED) is 0.563. The number of hydrogen-bond acceptors (Lipinski definition) is 3. The maximum Gasteiger partial charge on any atom is 0.173 e. The number of hydrogen-bond donors (Lipinski definition) is 1. The Bertz CT molecular complexity index is 1070. The van der Waals surface area contributed by atoms with E-state index in [0.717, 1.165) is 18.4 Å². The molecule has 1 fully saturated rings. The number of carbonyl (C=O) groups excluding carboxylic acids is 1. The van der Waals surface area contributed by atoms with E-state index in [1.165, 1.54) is 12.1 Å². The summed E-state index contributed by atoms with van der Waals surface area (Å²) in [6, 6.07) is 9.71. The van der Waals surface area contributed by atoms with E-state index < -0.39 is 11.2 Å². The second kappa shape index (κ2) is 7.12. The molecule has 0 amide bonds. The van der Waals surface area contributed by atoms with E-state index in [0.29, 0.717) is 29.1 Å². The number of carbonyl (C=O) groups is 1. The third kappa shape index (κ3) is 2.96. The topological polar surface area (TPSA) is 46.5 Å². The SMILES string of the molecule is CCc1ccc(Oc2ccc(Cl)c(F)c2)cc1C1=C(O)[C@@H]2CCC(C)(C1=O)C2(C)C. The van der Waals surface area contributed by atoms with E-state index in [9.17, 15) is 14.3 Å². The first-order valence-corrected chi connectivity index (χ1v) is 10.7. The fourth-order valence-corrected chi connectivity index (χ4v) is 5.17. The summed E-state index contributed by atoms with van der Waals surface area (Å²) in [6.45, 7) is 8.18. The third-order valence-electron chi connectivity index (χ3n) is 7.40. The minimum absolute atomic E-state index is 0.0110. The second-order valence-corrected chi connectivity index (χ2v) is 9.49. The van der Waals surface area contributed by atoms with Gasteiger partial charge >= 0.3 is 0 Å². The van der Waals surface area contributed by atoms with Gasteiger partial charge in [-0.2, -0.15) is 0 Å². The normalized spacial score (nSPS) is 25.0. The Morgan fingerprint density at radius 3 is 2.50 bits per heavy atom. The molecular weight excluding hydrogens is 403 g/mol. The fraction of sp³-hybridized carbons (Fsp3) is 0.400. The third-order valence-corrected chi connectivity index (χ3v) is 7.71. The number of halogens is 2. The molecule has 0 radical (unpaired) electrons. The van der Waals surface area contributed by atoms with E-state index >= 15 is 0 Å². The molecule has 2 bridgehead atoms. The van der Waals surface area contributed by atoms with Crippen LogP contribution >= 0.6 is 11.6 Å². The van der Waals surface area contributed by atoms with Crippen molar-refractivity contribution in [1.29, 1.82) is 0 Å². The molecule has 0 aliphatic heterocycles. The Hall–Kier alpha value is -2.33. The zero-order valence-electron chi connectivity index (χ0n) is 17.7. The predicted molar refractivity (Wildman–Crippen MR) is 116 cm³/mol. The molecule has 2 aromatic carbocycles. The van der Waals surface area contributed by atoms with Gasteiger partial charge in [0.1, 0.15) is 23.1 Å². The van der Waals surface area contributed by atoms with Crippen molar-refractivity contribution in [3.8, 4) is 11.5 Å². The average molecular weight is 429 g/mol. The van der Waals surface area contributed by atoms with Crippen LogP contribution in [0.25, 0.3) is 5.57 Å². The fourth-order valence-electron chi connectivity index (χ4n) is 5.05. The van der Waals surface area contributed by atoms with Gasteiger partial charge in [0.2, 0.25) is 0 Å². The van der Waals surface area contributed by atoms with Crippen molar-refractivity contribution in [3.63, 3.8) is 0 Å². The lowest BCUT2D eigenvalue weighted by molar-refractivity contribution is -0.128. The van der Waals surface area contributed by atoms with Crippen LogP contribution in [0.3, 0.4) is 0 Å². The molecular formula is C25H26ClFO3. The number of allylic oxidation sites excluding steroid dienone is 2.